The van der Waals surface area contributed by atoms with Crippen LogP contribution in [0.2, 0.25) is 0 Å². The van der Waals surface area contributed by atoms with E-state index in [4.69, 9.17) is 9.97 Å². The lowest BCUT2D eigenvalue weighted by molar-refractivity contribution is 0.0989. The van der Waals surface area contributed by atoms with E-state index in [1.54, 1.807) is 6.20 Å². The molecule has 0 bridgehead atoms. The second kappa shape index (κ2) is 8.59. The lowest BCUT2D eigenvalue weighted by atomic mass is 10.1. The summed E-state index contributed by atoms with van der Waals surface area (Å²) in [6.07, 6.45) is 4.18. The number of aromatic nitrogens is 5. The number of benzene rings is 2. The van der Waals surface area contributed by atoms with Gasteiger partial charge in [0.15, 0.2) is 11.6 Å². The molecule has 0 atom stereocenters. The van der Waals surface area contributed by atoms with Crippen LogP contribution in [0.4, 0.5) is 11.5 Å². The Balaban J connectivity index is 1.48. The minimum absolute atomic E-state index is 0.0804. The quantitative estimate of drug-likeness (QED) is 0.205. The van der Waals surface area contributed by atoms with E-state index in [-0.39, 0.29) is 5.78 Å². The molecule has 5 aromatic rings. The number of anilines is 2. The van der Waals surface area contributed by atoms with E-state index in [9.17, 15) is 4.79 Å². The first-order valence-electron chi connectivity index (χ1n) is 11.2. The number of ketones is 1. The molecule has 2 aromatic carbocycles. The Labute approximate surface area is 197 Å². The molecular formula is C27H26N6O. The van der Waals surface area contributed by atoms with Crippen molar-refractivity contribution in [1.82, 2.24) is 25.1 Å². The van der Waals surface area contributed by atoms with Gasteiger partial charge in [-0.05, 0) is 58.0 Å². The van der Waals surface area contributed by atoms with Crippen LogP contribution in [0.5, 0.6) is 0 Å². The van der Waals surface area contributed by atoms with Gasteiger partial charge < -0.3 is 10.3 Å². The Bertz CT molecular complexity index is 1570. The third-order valence-electron chi connectivity index (χ3n) is 6.21. The van der Waals surface area contributed by atoms with Gasteiger partial charge in [0.25, 0.3) is 0 Å². The predicted octanol–water partition coefficient (Wildman–Crippen LogP) is 6.40. The largest absolute Gasteiger partial charge is 0.352 e. The molecule has 3 aromatic heterocycles. The molecule has 0 spiro atoms. The summed E-state index contributed by atoms with van der Waals surface area (Å²) in [7, 11) is 0. The number of aryl methyl sites for hydroxylation is 1. The summed E-state index contributed by atoms with van der Waals surface area (Å²) in [6.45, 7) is 7.91. The highest BCUT2D eigenvalue weighted by Gasteiger charge is 2.14. The fourth-order valence-electron chi connectivity index (χ4n) is 3.90. The van der Waals surface area contributed by atoms with Crippen LogP contribution < -0.4 is 5.32 Å². The molecule has 0 aliphatic carbocycles. The van der Waals surface area contributed by atoms with E-state index in [2.05, 4.69) is 20.5 Å². The van der Waals surface area contributed by atoms with E-state index >= 15 is 0 Å². The Morgan fingerprint density at radius 2 is 1.88 bits per heavy atom. The van der Waals surface area contributed by atoms with Crippen molar-refractivity contribution in [2.45, 2.75) is 34.1 Å². The number of allylic oxidation sites excluding steroid dienone is 2. The fourth-order valence-corrected chi connectivity index (χ4v) is 3.90. The smallest absolute Gasteiger partial charge is 0.183 e. The van der Waals surface area contributed by atoms with Crippen molar-refractivity contribution in [3.63, 3.8) is 0 Å². The Morgan fingerprint density at radius 1 is 1.03 bits per heavy atom. The summed E-state index contributed by atoms with van der Waals surface area (Å²) in [4.78, 5) is 25.4. The summed E-state index contributed by atoms with van der Waals surface area (Å²) in [6, 6.07) is 13.9. The summed E-state index contributed by atoms with van der Waals surface area (Å²) >= 11 is 0. The molecule has 7 heteroatoms. The highest BCUT2D eigenvalue weighted by molar-refractivity contribution is 6.01. The number of Topliss-reactive ketones (excluding diaryl/α,β-unsaturated/α-hetero) is 1. The molecule has 0 amide bonds. The minimum atomic E-state index is 0.0804. The van der Waals surface area contributed by atoms with Gasteiger partial charge in [0, 0.05) is 45.2 Å². The molecule has 3 heterocycles. The van der Waals surface area contributed by atoms with Crippen molar-refractivity contribution >= 4 is 39.1 Å². The zero-order valence-electron chi connectivity index (χ0n) is 19.7. The summed E-state index contributed by atoms with van der Waals surface area (Å²) < 4.78 is 0. The molecule has 0 saturated heterocycles. The first kappa shape index (κ1) is 21.6. The van der Waals surface area contributed by atoms with Crippen molar-refractivity contribution in [1.29, 1.82) is 0 Å². The number of H-pyrrole nitrogens is 2. The number of aromatic amines is 2. The summed E-state index contributed by atoms with van der Waals surface area (Å²) in [5.41, 5.74) is 7.26. The number of nitrogens with one attached hydrogen (secondary N) is 3. The third kappa shape index (κ3) is 4.08. The molecule has 0 radical (unpaired) electrons. The summed E-state index contributed by atoms with van der Waals surface area (Å²) in [5, 5.41) is 12.5. The molecule has 0 unspecified atom stereocenters. The second-order valence-electron chi connectivity index (χ2n) is 8.62. The first-order chi connectivity index (χ1) is 16.4. The van der Waals surface area contributed by atoms with Gasteiger partial charge in [-0.2, -0.15) is 5.10 Å². The van der Waals surface area contributed by atoms with E-state index in [1.165, 1.54) is 0 Å². The van der Waals surface area contributed by atoms with E-state index in [0.29, 0.717) is 17.9 Å². The van der Waals surface area contributed by atoms with Gasteiger partial charge in [0.05, 0.1) is 17.4 Å². The van der Waals surface area contributed by atoms with Crippen LogP contribution in [0, 0.1) is 13.8 Å². The Hall–Kier alpha value is -4.26. The number of rotatable bonds is 6. The van der Waals surface area contributed by atoms with Crippen LogP contribution in [0.3, 0.4) is 0 Å². The van der Waals surface area contributed by atoms with Gasteiger partial charge in [-0.1, -0.05) is 23.8 Å². The molecule has 0 fully saturated rings. The average molecular weight is 451 g/mol. The van der Waals surface area contributed by atoms with Crippen molar-refractivity contribution in [2.24, 2.45) is 0 Å². The number of carbonyl (C=O) groups excluding carboxylic acids is 1. The topological polar surface area (TPSA) is 99.3 Å². The van der Waals surface area contributed by atoms with Crippen LogP contribution in [-0.4, -0.2) is 30.9 Å². The lowest BCUT2D eigenvalue weighted by Crippen LogP contribution is -2.03. The van der Waals surface area contributed by atoms with Gasteiger partial charge in [0.2, 0.25) is 0 Å². The minimum Gasteiger partial charge on any atom is -0.352 e. The number of hydrogen-bond donors (Lipinski definition) is 3. The maximum absolute atomic E-state index is 12.6. The van der Waals surface area contributed by atoms with Gasteiger partial charge in [-0.3, -0.25) is 9.89 Å². The lowest BCUT2D eigenvalue weighted by Gasteiger charge is -2.13. The molecule has 0 aliphatic heterocycles. The maximum Gasteiger partial charge on any atom is 0.183 e. The van der Waals surface area contributed by atoms with Crippen LogP contribution in [0.25, 0.3) is 33.2 Å². The number of fused-ring (bicyclic) bond motifs is 2. The molecular weight excluding hydrogens is 424 g/mol. The standard InChI is InChI=1S/C27H26N6O/c1-5-15(2)10-25(34)24-12-18-6-7-19(13-23(18)31-24)27-29-17(4)16(3)26(32-27)30-21-8-9-22-20(11-21)14-28-33-22/h5-9,11-14,31H,10H2,1-4H3,(H,28,33)(H,29,30,32)/b15-5+. The van der Waals surface area contributed by atoms with Crippen LogP contribution in [0.15, 0.2) is 60.3 Å². The Morgan fingerprint density at radius 3 is 2.71 bits per heavy atom. The third-order valence-corrected chi connectivity index (χ3v) is 6.21. The average Bonchev–Trinajstić information content (AvgIpc) is 3.47. The normalized spacial score (nSPS) is 11.9. The zero-order chi connectivity index (χ0) is 23.8. The Kier molecular flexibility index (Phi) is 5.45. The summed E-state index contributed by atoms with van der Waals surface area (Å²) in [5.74, 6) is 1.47. The number of carbonyl (C=O) groups is 1. The van der Waals surface area contributed by atoms with Gasteiger partial charge in [-0.15, -0.1) is 0 Å². The molecule has 170 valence electrons. The monoisotopic (exact) mass is 450 g/mol. The van der Waals surface area contributed by atoms with Crippen molar-refractivity contribution in [2.75, 3.05) is 5.32 Å². The molecule has 34 heavy (non-hydrogen) atoms. The molecule has 3 N–H and O–H groups in total. The second-order valence-corrected chi connectivity index (χ2v) is 8.62. The van der Waals surface area contributed by atoms with Crippen LogP contribution in [0.1, 0.15) is 42.0 Å². The number of hydrogen-bond acceptors (Lipinski definition) is 5. The number of nitrogens with zero attached hydrogens (tertiary/aromatic N) is 3. The van der Waals surface area contributed by atoms with Crippen molar-refractivity contribution in [3.8, 4) is 11.4 Å². The molecule has 5 rings (SSSR count). The van der Waals surface area contributed by atoms with E-state index < -0.39 is 0 Å². The highest BCUT2D eigenvalue weighted by Crippen LogP contribution is 2.28. The van der Waals surface area contributed by atoms with E-state index in [0.717, 1.165) is 55.7 Å². The SMILES string of the molecule is C/C=C(\C)CC(=O)c1cc2ccc(-c3nc(C)c(C)c(Nc4ccc5[nH]ncc5c4)n3)cc2[nH]1. The van der Waals surface area contributed by atoms with Gasteiger partial charge in [0.1, 0.15) is 5.82 Å². The molecule has 0 aliphatic rings. The predicted molar refractivity (Wildman–Crippen MR) is 137 cm³/mol. The van der Waals surface area contributed by atoms with Gasteiger partial charge >= 0.3 is 0 Å². The molecule has 7 nitrogen and oxygen atoms in total. The van der Waals surface area contributed by atoms with Crippen molar-refractivity contribution < 1.29 is 4.79 Å². The maximum atomic E-state index is 12.6. The van der Waals surface area contributed by atoms with Crippen LogP contribution in [-0.2, 0) is 0 Å². The first-order valence-corrected chi connectivity index (χ1v) is 11.2. The zero-order valence-corrected chi connectivity index (χ0v) is 19.7. The molecule has 0 saturated carbocycles. The fraction of sp³-hybridized carbons (Fsp3) is 0.185. The van der Waals surface area contributed by atoms with Gasteiger partial charge in [-0.25, -0.2) is 9.97 Å². The van der Waals surface area contributed by atoms with Crippen molar-refractivity contribution in [3.05, 3.63) is 77.3 Å². The highest BCUT2D eigenvalue weighted by atomic mass is 16.1. The van der Waals surface area contributed by atoms with Crippen LogP contribution >= 0.6 is 0 Å². The van der Waals surface area contributed by atoms with E-state index in [1.807, 2.05) is 76.2 Å².